The number of hydrogen-bond donors (Lipinski definition) is 1. The standard InChI is InChI=1S/C8H9N3O/c1-5-10-4-6-2-3-9-8(12)7(6)11-5/h4H,2-3H2,1H3,(H,9,12). The van der Waals surface area contributed by atoms with Crippen molar-refractivity contribution in [2.75, 3.05) is 6.54 Å². The summed E-state index contributed by atoms with van der Waals surface area (Å²) in [6.07, 6.45) is 2.57. The molecule has 1 aliphatic rings. The van der Waals surface area contributed by atoms with Gasteiger partial charge >= 0.3 is 0 Å². The van der Waals surface area contributed by atoms with Crippen LogP contribution in [0.15, 0.2) is 6.20 Å². The number of aromatic nitrogens is 2. The van der Waals surface area contributed by atoms with E-state index in [-0.39, 0.29) is 5.91 Å². The Balaban J connectivity index is 2.54. The Bertz CT molecular complexity index is 335. The minimum atomic E-state index is -0.0817. The monoisotopic (exact) mass is 163 g/mol. The first-order valence-corrected chi connectivity index (χ1v) is 3.88. The van der Waals surface area contributed by atoms with Crippen LogP contribution >= 0.6 is 0 Å². The van der Waals surface area contributed by atoms with Crippen LogP contribution in [0, 0.1) is 6.92 Å². The normalized spacial score (nSPS) is 15.2. The highest BCUT2D eigenvalue weighted by Gasteiger charge is 2.17. The lowest BCUT2D eigenvalue weighted by Gasteiger charge is -2.14. The van der Waals surface area contributed by atoms with Gasteiger partial charge in [0.15, 0.2) is 0 Å². The van der Waals surface area contributed by atoms with Crippen molar-refractivity contribution in [1.29, 1.82) is 0 Å². The first-order valence-electron chi connectivity index (χ1n) is 3.88. The average Bonchev–Trinajstić information content (AvgIpc) is 2.07. The third kappa shape index (κ3) is 1.05. The highest BCUT2D eigenvalue weighted by atomic mass is 16.1. The molecule has 0 radical (unpaired) electrons. The SMILES string of the molecule is Cc1ncc2c(n1)C(=O)NCC2. The summed E-state index contributed by atoms with van der Waals surface area (Å²) in [5.74, 6) is 0.563. The molecule has 1 aliphatic heterocycles. The minimum Gasteiger partial charge on any atom is -0.350 e. The lowest BCUT2D eigenvalue weighted by atomic mass is 10.1. The van der Waals surface area contributed by atoms with E-state index in [0.29, 0.717) is 18.1 Å². The number of carbonyl (C=O) groups excluding carboxylic acids is 1. The topological polar surface area (TPSA) is 54.9 Å². The van der Waals surface area contributed by atoms with Gasteiger partial charge in [0.05, 0.1) is 0 Å². The van der Waals surface area contributed by atoms with E-state index in [9.17, 15) is 4.79 Å². The zero-order valence-corrected chi connectivity index (χ0v) is 6.79. The van der Waals surface area contributed by atoms with E-state index in [1.165, 1.54) is 0 Å². The van der Waals surface area contributed by atoms with Crippen molar-refractivity contribution < 1.29 is 4.79 Å². The Hall–Kier alpha value is -1.45. The van der Waals surface area contributed by atoms with Crippen LogP contribution < -0.4 is 5.32 Å². The molecule has 62 valence electrons. The lowest BCUT2D eigenvalue weighted by molar-refractivity contribution is 0.0940. The van der Waals surface area contributed by atoms with Gasteiger partial charge in [-0.2, -0.15) is 0 Å². The Morgan fingerprint density at radius 1 is 1.58 bits per heavy atom. The number of carbonyl (C=O) groups is 1. The van der Waals surface area contributed by atoms with Crippen molar-refractivity contribution in [3.63, 3.8) is 0 Å². The van der Waals surface area contributed by atoms with Crippen molar-refractivity contribution in [2.45, 2.75) is 13.3 Å². The number of nitrogens with zero attached hydrogens (tertiary/aromatic N) is 2. The summed E-state index contributed by atoms with van der Waals surface area (Å²) in [6.45, 7) is 2.47. The molecule has 0 unspecified atom stereocenters. The molecule has 1 aromatic rings. The predicted octanol–water partition coefficient (Wildman–Crippen LogP) is 0.0709. The third-order valence-corrected chi connectivity index (χ3v) is 1.88. The number of nitrogens with one attached hydrogen (secondary N) is 1. The Morgan fingerprint density at radius 3 is 3.25 bits per heavy atom. The van der Waals surface area contributed by atoms with Crippen LogP contribution in [0.3, 0.4) is 0 Å². The maximum atomic E-state index is 11.2. The summed E-state index contributed by atoms with van der Waals surface area (Å²) >= 11 is 0. The second-order valence-corrected chi connectivity index (χ2v) is 2.80. The number of aryl methyl sites for hydroxylation is 1. The first-order chi connectivity index (χ1) is 5.77. The second-order valence-electron chi connectivity index (χ2n) is 2.80. The molecule has 1 amide bonds. The molecule has 0 bridgehead atoms. The number of fused-ring (bicyclic) bond motifs is 1. The van der Waals surface area contributed by atoms with Crippen LogP contribution in [-0.4, -0.2) is 22.4 Å². The van der Waals surface area contributed by atoms with Crippen LogP contribution in [-0.2, 0) is 6.42 Å². The Kier molecular flexibility index (Phi) is 1.53. The van der Waals surface area contributed by atoms with E-state index in [1.807, 2.05) is 0 Å². The quantitative estimate of drug-likeness (QED) is 0.589. The summed E-state index contributed by atoms with van der Waals surface area (Å²) in [4.78, 5) is 19.3. The molecule has 0 spiro atoms. The first kappa shape index (κ1) is 7.21. The van der Waals surface area contributed by atoms with Crippen molar-refractivity contribution in [3.05, 3.63) is 23.3 Å². The summed E-state index contributed by atoms with van der Waals surface area (Å²) in [5, 5.41) is 2.74. The molecule has 0 aliphatic carbocycles. The van der Waals surface area contributed by atoms with E-state index < -0.39 is 0 Å². The highest BCUT2D eigenvalue weighted by Crippen LogP contribution is 2.09. The summed E-state index contributed by atoms with van der Waals surface area (Å²) in [7, 11) is 0. The molecular weight excluding hydrogens is 154 g/mol. The summed E-state index contributed by atoms with van der Waals surface area (Å²) < 4.78 is 0. The molecule has 0 saturated heterocycles. The largest absolute Gasteiger partial charge is 0.350 e. The van der Waals surface area contributed by atoms with Crippen molar-refractivity contribution in [3.8, 4) is 0 Å². The summed E-state index contributed by atoms with van der Waals surface area (Å²) in [6, 6.07) is 0. The van der Waals surface area contributed by atoms with Crippen LogP contribution in [0.5, 0.6) is 0 Å². The van der Waals surface area contributed by atoms with Gasteiger partial charge in [0.1, 0.15) is 11.5 Å². The van der Waals surface area contributed by atoms with Gasteiger partial charge in [0.2, 0.25) is 0 Å². The van der Waals surface area contributed by atoms with Crippen molar-refractivity contribution in [1.82, 2.24) is 15.3 Å². The van der Waals surface area contributed by atoms with Gasteiger partial charge in [-0.15, -0.1) is 0 Å². The maximum absolute atomic E-state index is 11.2. The van der Waals surface area contributed by atoms with E-state index in [2.05, 4.69) is 15.3 Å². The van der Waals surface area contributed by atoms with E-state index in [4.69, 9.17) is 0 Å². The lowest BCUT2D eigenvalue weighted by Crippen LogP contribution is -2.33. The second kappa shape index (κ2) is 2.55. The van der Waals surface area contributed by atoms with Crippen LogP contribution in [0.2, 0.25) is 0 Å². The molecular formula is C8H9N3O. The fourth-order valence-corrected chi connectivity index (χ4v) is 1.27. The van der Waals surface area contributed by atoms with E-state index in [0.717, 1.165) is 12.0 Å². The molecule has 4 nitrogen and oxygen atoms in total. The molecule has 1 aromatic heterocycles. The van der Waals surface area contributed by atoms with Gasteiger partial charge in [-0.1, -0.05) is 0 Å². The predicted molar refractivity (Wildman–Crippen MR) is 42.8 cm³/mol. The van der Waals surface area contributed by atoms with Crippen molar-refractivity contribution >= 4 is 5.91 Å². The smallest absolute Gasteiger partial charge is 0.270 e. The zero-order valence-electron chi connectivity index (χ0n) is 6.79. The molecule has 2 heterocycles. The molecule has 1 N–H and O–H groups in total. The molecule has 0 fully saturated rings. The van der Waals surface area contributed by atoms with E-state index in [1.54, 1.807) is 13.1 Å². The van der Waals surface area contributed by atoms with Crippen LogP contribution in [0.4, 0.5) is 0 Å². The van der Waals surface area contributed by atoms with Crippen LogP contribution in [0.1, 0.15) is 21.9 Å². The van der Waals surface area contributed by atoms with Gasteiger partial charge in [-0.05, 0) is 13.3 Å². The number of amides is 1. The van der Waals surface area contributed by atoms with Gasteiger partial charge in [0.25, 0.3) is 5.91 Å². The Labute approximate surface area is 70.0 Å². The van der Waals surface area contributed by atoms with Crippen molar-refractivity contribution in [2.24, 2.45) is 0 Å². The summed E-state index contributed by atoms with van der Waals surface area (Å²) in [5.41, 5.74) is 1.48. The Morgan fingerprint density at radius 2 is 2.42 bits per heavy atom. The van der Waals surface area contributed by atoms with Gasteiger partial charge in [-0.3, -0.25) is 4.79 Å². The third-order valence-electron chi connectivity index (χ3n) is 1.88. The number of rotatable bonds is 0. The highest BCUT2D eigenvalue weighted by molar-refractivity contribution is 5.94. The fourth-order valence-electron chi connectivity index (χ4n) is 1.27. The molecule has 0 aromatic carbocycles. The molecule has 2 rings (SSSR count). The maximum Gasteiger partial charge on any atom is 0.270 e. The van der Waals surface area contributed by atoms with Gasteiger partial charge in [-0.25, -0.2) is 9.97 Å². The fraction of sp³-hybridized carbons (Fsp3) is 0.375. The van der Waals surface area contributed by atoms with Gasteiger partial charge in [0, 0.05) is 18.3 Å². The number of hydrogen-bond acceptors (Lipinski definition) is 3. The van der Waals surface area contributed by atoms with Crippen LogP contribution in [0.25, 0.3) is 0 Å². The molecule has 0 saturated carbocycles. The molecule has 12 heavy (non-hydrogen) atoms. The van der Waals surface area contributed by atoms with Gasteiger partial charge < -0.3 is 5.32 Å². The molecule has 4 heteroatoms. The van der Waals surface area contributed by atoms with E-state index >= 15 is 0 Å². The minimum absolute atomic E-state index is 0.0817. The zero-order chi connectivity index (χ0) is 8.55. The average molecular weight is 163 g/mol. The molecule has 0 atom stereocenters.